The van der Waals surface area contributed by atoms with Crippen LogP contribution in [0, 0.1) is 12.8 Å². The highest BCUT2D eigenvalue weighted by Gasteiger charge is 2.34. The first-order valence-corrected chi connectivity index (χ1v) is 13.7. The van der Waals surface area contributed by atoms with E-state index in [0.29, 0.717) is 41.8 Å². The number of halogens is 1. The fourth-order valence-corrected chi connectivity index (χ4v) is 5.66. The molecule has 0 N–H and O–H groups in total. The zero-order valence-corrected chi connectivity index (χ0v) is 23.3. The second kappa shape index (κ2) is 12.0. The molecule has 2 heterocycles. The molecule has 3 aromatic rings. The molecule has 0 saturated heterocycles. The first-order valence-electron chi connectivity index (χ1n) is 12.4. The Morgan fingerprint density at radius 1 is 1.16 bits per heavy atom. The number of benzene rings is 2. The number of aryl methyl sites for hydroxylation is 1. The number of amides is 2. The minimum absolute atomic E-state index is 0.00421. The van der Waals surface area contributed by atoms with Crippen molar-refractivity contribution in [2.45, 2.75) is 33.2 Å². The van der Waals surface area contributed by atoms with E-state index in [1.807, 2.05) is 43.9 Å². The molecular formula is C29H33ClN2O4S. The van der Waals surface area contributed by atoms with Crippen molar-refractivity contribution in [1.29, 1.82) is 0 Å². The van der Waals surface area contributed by atoms with Gasteiger partial charge in [-0.25, -0.2) is 0 Å². The number of ether oxygens (including phenoxy) is 2. The molecule has 0 spiro atoms. The summed E-state index contributed by atoms with van der Waals surface area (Å²) >= 11 is 7.88. The standard InChI is InChI=1S/C29H33ClN2O4S/c1-19(2)16-31(29(34)21-6-5-7-22(15-21)35-4)17-28(33)32-12-10-27-24(11-13-37-27)26(32)18-36-23-8-9-25(30)20(3)14-23/h5-9,11,13-15,19,26H,10,12,16-18H2,1-4H3. The number of fused-ring (bicyclic) bond motifs is 1. The second-order valence-corrected chi connectivity index (χ2v) is 11.1. The van der Waals surface area contributed by atoms with E-state index >= 15 is 0 Å². The number of hydrogen-bond donors (Lipinski definition) is 0. The van der Waals surface area contributed by atoms with Crippen molar-refractivity contribution in [2.24, 2.45) is 5.92 Å². The molecule has 0 aliphatic carbocycles. The van der Waals surface area contributed by atoms with Crippen LogP contribution in [0.2, 0.25) is 5.02 Å². The van der Waals surface area contributed by atoms with E-state index in [2.05, 4.69) is 11.4 Å². The molecule has 2 aromatic carbocycles. The van der Waals surface area contributed by atoms with Gasteiger partial charge in [-0.15, -0.1) is 11.3 Å². The summed E-state index contributed by atoms with van der Waals surface area (Å²) in [7, 11) is 1.57. The normalized spacial score (nSPS) is 14.9. The Kier molecular flexibility index (Phi) is 8.77. The van der Waals surface area contributed by atoms with E-state index in [9.17, 15) is 9.59 Å². The molecule has 0 fully saturated rings. The summed E-state index contributed by atoms with van der Waals surface area (Å²) < 4.78 is 11.5. The fourth-order valence-electron chi connectivity index (χ4n) is 4.61. The number of carbonyl (C=O) groups excluding carboxylic acids is 2. The van der Waals surface area contributed by atoms with Crippen LogP contribution in [-0.4, -0.2) is 55.0 Å². The van der Waals surface area contributed by atoms with Gasteiger partial charge in [0.05, 0.1) is 13.2 Å². The third kappa shape index (κ3) is 6.46. The maximum absolute atomic E-state index is 13.7. The van der Waals surface area contributed by atoms with Gasteiger partial charge in [-0.2, -0.15) is 0 Å². The van der Waals surface area contributed by atoms with Gasteiger partial charge >= 0.3 is 0 Å². The number of rotatable bonds is 9. The average molecular weight is 541 g/mol. The summed E-state index contributed by atoms with van der Waals surface area (Å²) in [5.74, 6) is 1.26. The van der Waals surface area contributed by atoms with Crippen LogP contribution in [0.15, 0.2) is 53.9 Å². The summed E-state index contributed by atoms with van der Waals surface area (Å²) in [4.78, 5) is 32.0. The van der Waals surface area contributed by atoms with Crippen molar-refractivity contribution >= 4 is 34.8 Å². The average Bonchev–Trinajstić information content (AvgIpc) is 3.37. The van der Waals surface area contributed by atoms with Crippen LogP contribution in [0.4, 0.5) is 0 Å². The number of hydrogen-bond acceptors (Lipinski definition) is 5. The SMILES string of the molecule is COc1cccc(C(=O)N(CC(=O)N2CCc3sccc3C2COc2ccc(Cl)c(C)c2)CC(C)C)c1. The van der Waals surface area contributed by atoms with Gasteiger partial charge in [0.2, 0.25) is 5.91 Å². The van der Waals surface area contributed by atoms with Gasteiger partial charge < -0.3 is 19.3 Å². The predicted octanol–water partition coefficient (Wildman–Crippen LogP) is 6.02. The molecular weight excluding hydrogens is 508 g/mol. The highest BCUT2D eigenvalue weighted by atomic mass is 35.5. The largest absolute Gasteiger partial charge is 0.497 e. The zero-order chi connectivity index (χ0) is 26.5. The molecule has 0 bridgehead atoms. The molecule has 0 saturated carbocycles. The number of carbonyl (C=O) groups is 2. The summed E-state index contributed by atoms with van der Waals surface area (Å²) in [5.41, 5.74) is 2.56. The quantitative estimate of drug-likeness (QED) is 0.333. The molecule has 1 aliphatic rings. The zero-order valence-electron chi connectivity index (χ0n) is 21.7. The first-order chi connectivity index (χ1) is 17.8. The van der Waals surface area contributed by atoms with Crippen LogP contribution in [0.3, 0.4) is 0 Å². The van der Waals surface area contributed by atoms with E-state index < -0.39 is 0 Å². The van der Waals surface area contributed by atoms with Gasteiger partial charge in [0.25, 0.3) is 5.91 Å². The van der Waals surface area contributed by atoms with Crippen LogP contribution in [0.1, 0.15) is 46.3 Å². The summed E-state index contributed by atoms with van der Waals surface area (Å²) in [6, 6.07) is 14.5. The maximum atomic E-state index is 13.7. The first kappa shape index (κ1) is 27.0. The predicted molar refractivity (Wildman–Crippen MR) is 148 cm³/mol. The van der Waals surface area contributed by atoms with E-state index in [0.717, 1.165) is 17.5 Å². The minimum Gasteiger partial charge on any atom is -0.497 e. The van der Waals surface area contributed by atoms with Crippen molar-refractivity contribution in [3.05, 3.63) is 80.5 Å². The highest BCUT2D eigenvalue weighted by molar-refractivity contribution is 7.10. The Morgan fingerprint density at radius 2 is 1.97 bits per heavy atom. The lowest BCUT2D eigenvalue weighted by Gasteiger charge is -2.37. The number of methoxy groups -OCH3 is 1. The lowest BCUT2D eigenvalue weighted by Crippen LogP contribution is -2.48. The molecule has 0 radical (unpaired) electrons. The molecule has 4 rings (SSSR count). The van der Waals surface area contributed by atoms with Crippen LogP contribution in [0.25, 0.3) is 0 Å². The lowest BCUT2D eigenvalue weighted by atomic mass is 10.00. The van der Waals surface area contributed by atoms with Crippen molar-refractivity contribution in [2.75, 3.05) is 33.4 Å². The van der Waals surface area contributed by atoms with E-state index in [1.54, 1.807) is 47.6 Å². The molecule has 2 amide bonds. The second-order valence-electron chi connectivity index (χ2n) is 9.69. The Labute approximate surface area is 227 Å². The Hall–Kier alpha value is -3.03. The van der Waals surface area contributed by atoms with Crippen LogP contribution < -0.4 is 9.47 Å². The van der Waals surface area contributed by atoms with E-state index in [4.69, 9.17) is 21.1 Å². The van der Waals surface area contributed by atoms with Gasteiger partial charge in [-0.1, -0.05) is 31.5 Å². The van der Waals surface area contributed by atoms with Crippen molar-refractivity contribution in [1.82, 2.24) is 9.80 Å². The molecule has 37 heavy (non-hydrogen) atoms. The topological polar surface area (TPSA) is 59.1 Å². The molecule has 1 unspecified atom stereocenters. The molecule has 1 aliphatic heterocycles. The summed E-state index contributed by atoms with van der Waals surface area (Å²) in [5, 5.41) is 2.75. The summed E-state index contributed by atoms with van der Waals surface area (Å²) in [6.45, 7) is 7.41. The minimum atomic E-state index is -0.230. The molecule has 6 nitrogen and oxygen atoms in total. The molecule has 196 valence electrons. The Balaban J connectivity index is 1.54. The van der Waals surface area contributed by atoms with Gasteiger partial charge in [-0.05, 0) is 78.2 Å². The van der Waals surface area contributed by atoms with Crippen molar-refractivity contribution < 1.29 is 19.1 Å². The smallest absolute Gasteiger partial charge is 0.254 e. The van der Waals surface area contributed by atoms with Crippen LogP contribution in [-0.2, 0) is 11.2 Å². The van der Waals surface area contributed by atoms with Crippen molar-refractivity contribution in [3.63, 3.8) is 0 Å². The van der Waals surface area contributed by atoms with Gasteiger partial charge in [-0.3, -0.25) is 9.59 Å². The van der Waals surface area contributed by atoms with E-state index in [1.165, 1.54) is 4.88 Å². The molecule has 1 atom stereocenters. The monoisotopic (exact) mass is 540 g/mol. The Bertz CT molecular complexity index is 1260. The van der Waals surface area contributed by atoms with Crippen LogP contribution in [0.5, 0.6) is 11.5 Å². The maximum Gasteiger partial charge on any atom is 0.254 e. The van der Waals surface area contributed by atoms with Gasteiger partial charge in [0.15, 0.2) is 0 Å². The molecule has 1 aromatic heterocycles. The number of thiophene rings is 1. The fraction of sp³-hybridized carbons (Fsp3) is 0.379. The third-order valence-corrected chi connectivity index (χ3v) is 7.89. The Morgan fingerprint density at radius 3 is 2.70 bits per heavy atom. The van der Waals surface area contributed by atoms with Crippen molar-refractivity contribution in [3.8, 4) is 11.5 Å². The molecule has 8 heteroatoms. The lowest BCUT2D eigenvalue weighted by molar-refractivity contribution is -0.135. The van der Waals surface area contributed by atoms with Gasteiger partial charge in [0.1, 0.15) is 24.7 Å². The third-order valence-electron chi connectivity index (χ3n) is 6.47. The highest BCUT2D eigenvalue weighted by Crippen LogP contribution is 2.34. The van der Waals surface area contributed by atoms with E-state index in [-0.39, 0.29) is 30.3 Å². The van der Waals surface area contributed by atoms with Gasteiger partial charge in [0, 0.05) is 28.6 Å². The summed E-state index contributed by atoms with van der Waals surface area (Å²) in [6.07, 6.45) is 0.795. The number of nitrogens with zero attached hydrogens (tertiary/aromatic N) is 2. The van der Waals surface area contributed by atoms with Crippen LogP contribution >= 0.6 is 22.9 Å².